The van der Waals surface area contributed by atoms with E-state index in [1.807, 2.05) is 0 Å². The summed E-state index contributed by atoms with van der Waals surface area (Å²) >= 11 is 0. The van der Waals surface area contributed by atoms with Gasteiger partial charge < -0.3 is 9.84 Å². The Morgan fingerprint density at radius 1 is 0.652 bits per heavy atom. The molecule has 0 aromatic rings. The predicted octanol–water partition coefficient (Wildman–Crippen LogP) is 6.20. The summed E-state index contributed by atoms with van der Waals surface area (Å²) in [5.41, 5.74) is 0. The molecule has 0 aliphatic heterocycles. The predicted molar refractivity (Wildman–Crippen MR) is 102 cm³/mol. The zero-order chi connectivity index (χ0) is 16.8. The highest BCUT2D eigenvalue weighted by Crippen LogP contribution is 2.08. The molecule has 0 atom stereocenters. The van der Waals surface area contributed by atoms with Crippen molar-refractivity contribution in [2.45, 2.75) is 90.4 Å². The smallest absolute Gasteiger partial charge is 0.0487 e. The Balaban J connectivity index is 3.10. The lowest BCUT2D eigenvalue weighted by Gasteiger charge is -2.03. The van der Waals surface area contributed by atoms with E-state index >= 15 is 0 Å². The van der Waals surface area contributed by atoms with Crippen LogP contribution in [0.1, 0.15) is 90.4 Å². The van der Waals surface area contributed by atoms with E-state index in [1.54, 1.807) is 0 Å². The van der Waals surface area contributed by atoms with Crippen molar-refractivity contribution in [2.75, 3.05) is 19.8 Å². The highest BCUT2D eigenvalue weighted by atomic mass is 16.5. The van der Waals surface area contributed by atoms with E-state index < -0.39 is 0 Å². The van der Waals surface area contributed by atoms with Crippen molar-refractivity contribution in [2.24, 2.45) is 0 Å². The van der Waals surface area contributed by atoms with Crippen LogP contribution in [-0.4, -0.2) is 24.9 Å². The van der Waals surface area contributed by atoms with Crippen LogP contribution in [0, 0.1) is 0 Å². The third kappa shape index (κ3) is 21.4. The Bertz CT molecular complexity index is 259. The summed E-state index contributed by atoms with van der Waals surface area (Å²) in [6, 6.07) is 0. The van der Waals surface area contributed by atoms with Crippen LogP contribution in [0.25, 0.3) is 0 Å². The van der Waals surface area contributed by atoms with Gasteiger partial charge in [-0.15, -0.1) is 0 Å². The van der Waals surface area contributed by atoms with Gasteiger partial charge in [0.05, 0.1) is 0 Å². The number of unbranched alkanes of at least 4 members (excludes halogenated alkanes) is 9. The van der Waals surface area contributed by atoms with Gasteiger partial charge in [-0.25, -0.2) is 0 Å². The largest absolute Gasteiger partial charge is 0.396 e. The van der Waals surface area contributed by atoms with Gasteiger partial charge >= 0.3 is 0 Å². The first-order valence-electron chi connectivity index (χ1n) is 9.90. The molecule has 0 aromatic heterocycles. The normalized spacial score (nSPS) is 11.9. The van der Waals surface area contributed by atoms with E-state index in [4.69, 9.17) is 9.84 Å². The van der Waals surface area contributed by atoms with Crippen LogP contribution < -0.4 is 0 Å². The monoisotopic (exact) mass is 324 g/mol. The molecule has 0 heterocycles. The molecule has 0 spiro atoms. The summed E-state index contributed by atoms with van der Waals surface area (Å²) in [5, 5.41) is 8.62. The van der Waals surface area contributed by atoms with Crippen LogP contribution in [-0.2, 0) is 4.74 Å². The molecule has 23 heavy (non-hydrogen) atoms. The summed E-state index contributed by atoms with van der Waals surface area (Å²) in [6.45, 7) is 4.05. The summed E-state index contributed by atoms with van der Waals surface area (Å²) in [5.74, 6) is 0. The third-order valence-corrected chi connectivity index (χ3v) is 3.94. The van der Waals surface area contributed by atoms with Crippen molar-refractivity contribution in [3.05, 3.63) is 24.3 Å². The lowest BCUT2D eigenvalue weighted by atomic mass is 10.1. The fourth-order valence-corrected chi connectivity index (χ4v) is 2.46. The van der Waals surface area contributed by atoms with Gasteiger partial charge in [0.25, 0.3) is 0 Å². The van der Waals surface area contributed by atoms with Crippen molar-refractivity contribution in [3.8, 4) is 0 Å². The number of rotatable bonds is 18. The van der Waals surface area contributed by atoms with Crippen molar-refractivity contribution in [3.63, 3.8) is 0 Å². The van der Waals surface area contributed by atoms with E-state index in [2.05, 4.69) is 31.2 Å². The molecule has 0 bridgehead atoms. The minimum absolute atomic E-state index is 0.240. The van der Waals surface area contributed by atoms with Crippen molar-refractivity contribution in [1.82, 2.24) is 0 Å². The van der Waals surface area contributed by atoms with Crippen molar-refractivity contribution < 1.29 is 9.84 Å². The molecular formula is C21H40O2. The van der Waals surface area contributed by atoms with Crippen molar-refractivity contribution in [1.29, 1.82) is 0 Å². The molecule has 2 heteroatoms. The maximum Gasteiger partial charge on any atom is 0.0487 e. The van der Waals surface area contributed by atoms with Gasteiger partial charge in [-0.1, -0.05) is 69.8 Å². The molecule has 0 aliphatic rings. The number of hydrogen-bond donors (Lipinski definition) is 1. The lowest BCUT2D eigenvalue weighted by Crippen LogP contribution is -1.98. The molecule has 0 rings (SSSR count). The average molecular weight is 325 g/mol. The minimum Gasteiger partial charge on any atom is -0.396 e. The number of aliphatic hydroxyl groups is 1. The Labute approximate surface area is 145 Å². The van der Waals surface area contributed by atoms with Gasteiger partial charge in [-0.05, 0) is 44.9 Å². The summed E-state index contributed by atoms with van der Waals surface area (Å²) < 4.78 is 5.42. The molecule has 0 saturated carbocycles. The Hall–Kier alpha value is -0.600. The standard InChI is InChI=1S/C21H40O2/c1-2-3-4-5-6-7-8-9-10-11-12-13-14-15-16-17-20-23-21-18-19-22/h6-7,9-10,22H,2-5,8,11-21H2,1H3/b7-6-,10-9-. The molecule has 136 valence electrons. The molecule has 0 aromatic carbocycles. The third-order valence-electron chi connectivity index (χ3n) is 3.94. The van der Waals surface area contributed by atoms with E-state index in [0.29, 0.717) is 6.61 Å². The molecule has 2 nitrogen and oxygen atoms in total. The molecule has 1 N–H and O–H groups in total. The van der Waals surface area contributed by atoms with E-state index in [0.717, 1.165) is 25.9 Å². The molecule has 0 fully saturated rings. The number of allylic oxidation sites excluding steroid dienone is 4. The molecule has 0 amide bonds. The van der Waals surface area contributed by atoms with Gasteiger partial charge in [0.15, 0.2) is 0 Å². The fraction of sp³-hybridized carbons (Fsp3) is 0.810. The van der Waals surface area contributed by atoms with Crippen LogP contribution in [0.3, 0.4) is 0 Å². The topological polar surface area (TPSA) is 29.5 Å². The van der Waals surface area contributed by atoms with Gasteiger partial charge in [0.1, 0.15) is 0 Å². The molecule has 0 radical (unpaired) electrons. The Kier molecular flexibility index (Phi) is 20.8. The van der Waals surface area contributed by atoms with E-state index in [1.165, 1.54) is 64.2 Å². The first kappa shape index (κ1) is 22.4. The highest BCUT2D eigenvalue weighted by Gasteiger charge is 1.92. The first-order chi connectivity index (χ1) is 11.4. The average Bonchev–Trinajstić information content (AvgIpc) is 2.57. The number of hydrogen-bond acceptors (Lipinski definition) is 2. The molecule has 0 unspecified atom stereocenters. The van der Waals surface area contributed by atoms with Crippen LogP contribution in [0.2, 0.25) is 0 Å². The number of ether oxygens (including phenoxy) is 1. The van der Waals surface area contributed by atoms with Gasteiger partial charge in [0, 0.05) is 19.8 Å². The summed E-state index contributed by atoms with van der Waals surface area (Å²) in [4.78, 5) is 0. The second-order valence-corrected chi connectivity index (χ2v) is 6.27. The van der Waals surface area contributed by atoms with Crippen LogP contribution in [0.15, 0.2) is 24.3 Å². The second kappa shape index (κ2) is 21.4. The maximum atomic E-state index is 8.62. The molecule has 0 aliphatic carbocycles. The van der Waals surface area contributed by atoms with Crippen LogP contribution >= 0.6 is 0 Å². The SMILES string of the molecule is CCCCC/C=C\C/C=C\CCCCCCCCOCCCO. The Morgan fingerprint density at radius 3 is 1.87 bits per heavy atom. The van der Waals surface area contributed by atoms with Gasteiger partial charge in [0.2, 0.25) is 0 Å². The summed E-state index contributed by atoms with van der Waals surface area (Å²) in [7, 11) is 0. The number of aliphatic hydroxyl groups excluding tert-OH is 1. The quantitative estimate of drug-likeness (QED) is 0.240. The van der Waals surface area contributed by atoms with Crippen LogP contribution in [0.5, 0.6) is 0 Å². The zero-order valence-corrected chi connectivity index (χ0v) is 15.5. The summed E-state index contributed by atoms with van der Waals surface area (Å²) in [6.07, 6.45) is 25.4. The van der Waals surface area contributed by atoms with Crippen molar-refractivity contribution >= 4 is 0 Å². The highest BCUT2D eigenvalue weighted by molar-refractivity contribution is 4.92. The maximum absolute atomic E-state index is 8.62. The minimum atomic E-state index is 0.240. The molecule has 0 saturated heterocycles. The molecular weight excluding hydrogens is 284 g/mol. The zero-order valence-electron chi connectivity index (χ0n) is 15.5. The van der Waals surface area contributed by atoms with Crippen LogP contribution in [0.4, 0.5) is 0 Å². The fourth-order valence-electron chi connectivity index (χ4n) is 2.46. The van der Waals surface area contributed by atoms with E-state index in [9.17, 15) is 0 Å². The second-order valence-electron chi connectivity index (χ2n) is 6.27. The van der Waals surface area contributed by atoms with Gasteiger partial charge in [-0.3, -0.25) is 0 Å². The first-order valence-corrected chi connectivity index (χ1v) is 9.90. The Morgan fingerprint density at radius 2 is 1.22 bits per heavy atom. The van der Waals surface area contributed by atoms with E-state index in [-0.39, 0.29) is 6.61 Å². The lowest BCUT2D eigenvalue weighted by molar-refractivity contribution is 0.112. The van der Waals surface area contributed by atoms with Gasteiger partial charge in [-0.2, -0.15) is 0 Å².